The third-order valence-electron chi connectivity index (χ3n) is 2.94. The van der Waals surface area contributed by atoms with E-state index in [1.54, 1.807) is 4.80 Å². The van der Waals surface area contributed by atoms with E-state index in [1.807, 2.05) is 61.0 Å². The van der Waals surface area contributed by atoms with Crippen LogP contribution in [0.2, 0.25) is 0 Å². The number of thioether (sulfide) groups is 1. The van der Waals surface area contributed by atoms with Crippen LogP contribution in [0.15, 0.2) is 53.5 Å². The summed E-state index contributed by atoms with van der Waals surface area (Å²) in [7, 11) is 0. The zero-order valence-corrected chi connectivity index (χ0v) is 12.6. The van der Waals surface area contributed by atoms with E-state index in [0.717, 1.165) is 22.4 Å². The van der Waals surface area contributed by atoms with Gasteiger partial charge >= 0.3 is 0 Å². The molecule has 2 aromatic carbocycles. The van der Waals surface area contributed by atoms with E-state index in [-0.39, 0.29) is 0 Å². The molecule has 0 saturated heterocycles. The Balaban J connectivity index is 1.99. The van der Waals surface area contributed by atoms with E-state index in [4.69, 9.17) is 5.26 Å². The first-order valence-electron chi connectivity index (χ1n) is 6.50. The van der Waals surface area contributed by atoms with Crippen molar-refractivity contribution in [1.82, 2.24) is 20.3 Å². The van der Waals surface area contributed by atoms with Gasteiger partial charge in [0.05, 0.1) is 11.4 Å². The maximum Gasteiger partial charge on any atom is 0.183 e. The first-order chi connectivity index (χ1) is 10.8. The number of benzene rings is 2. The predicted octanol–water partition coefficient (Wildman–Crippen LogP) is 2.84. The van der Waals surface area contributed by atoms with Crippen LogP contribution >= 0.6 is 11.8 Å². The average molecular weight is 308 g/mol. The highest BCUT2D eigenvalue weighted by Gasteiger charge is 2.05. The molecule has 1 heterocycles. The second kappa shape index (κ2) is 6.28. The van der Waals surface area contributed by atoms with Gasteiger partial charge in [0.15, 0.2) is 11.4 Å². The van der Waals surface area contributed by atoms with Crippen LogP contribution in [0.4, 0.5) is 5.69 Å². The molecular formula is C15H12N6S. The van der Waals surface area contributed by atoms with Gasteiger partial charge in [0, 0.05) is 0 Å². The number of aliphatic imine (C=N–C) groups is 1. The van der Waals surface area contributed by atoms with Gasteiger partial charge in [-0.25, -0.2) is 4.99 Å². The van der Waals surface area contributed by atoms with E-state index in [1.165, 1.54) is 11.8 Å². The number of hydrogen-bond acceptors (Lipinski definition) is 5. The standard InChI is InChI=1S/C15H12N6S/c1-22-15(17-10-16)18-11-7-8-13-14(9-11)20-21(19-13)12-5-3-2-4-6-12/h2-9H,1H3,(H,17,18). The fourth-order valence-electron chi connectivity index (χ4n) is 1.94. The van der Waals surface area contributed by atoms with Crippen LogP contribution in [-0.4, -0.2) is 26.4 Å². The molecule has 0 unspecified atom stereocenters. The van der Waals surface area contributed by atoms with Gasteiger partial charge in [0.1, 0.15) is 11.0 Å². The molecule has 1 N–H and O–H groups in total. The van der Waals surface area contributed by atoms with Gasteiger partial charge in [0.25, 0.3) is 0 Å². The number of rotatable bonds is 2. The summed E-state index contributed by atoms with van der Waals surface area (Å²) in [6.07, 6.45) is 3.72. The van der Waals surface area contributed by atoms with Crippen LogP contribution in [-0.2, 0) is 0 Å². The minimum absolute atomic E-state index is 0.539. The lowest BCUT2D eigenvalue weighted by molar-refractivity contribution is 0.766. The van der Waals surface area contributed by atoms with Crippen molar-refractivity contribution in [2.24, 2.45) is 4.99 Å². The molecule has 0 aliphatic rings. The van der Waals surface area contributed by atoms with Crippen molar-refractivity contribution >= 4 is 33.7 Å². The van der Waals surface area contributed by atoms with Crippen LogP contribution < -0.4 is 5.32 Å². The SMILES string of the molecule is CSC(=Nc1ccc2nn(-c3ccccc3)nc2c1)NC#N. The highest BCUT2D eigenvalue weighted by molar-refractivity contribution is 8.13. The highest BCUT2D eigenvalue weighted by atomic mass is 32.2. The number of fused-ring (bicyclic) bond motifs is 1. The van der Waals surface area contributed by atoms with Crippen LogP contribution in [0.3, 0.4) is 0 Å². The summed E-state index contributed by atoms with van der Waals surface area (Å²) in [6, 6.07) is 15.3. The van der Waals surface area contributed by atoms with E-state index < -0.39 is 0 Å². The average Bonchev–Trinajstić information content (AvgIpc) is 2.98. The number of nitriles is 1. The molecule has 0 aliphatic carbocycles. The molecule has 3 rings (SSSR count). The van der Waals surface area contributed by atoms with E-state index in [0.29, 0.717) is 5.17 Å². The Morgan fingerprint density at radius 3 is 2.68 bits per heavy atom. The summed E-state index contributed by atoms with van der Waals surface area (Å²) < 4.78 is 0. The van der Waals surface area contributed by atoms with Gasteiger partial charge in [-0.05, 0) is 36.6 Å². The van der Waals surface area contributed by atoms with E-state index in [2.05, 4.69) is 20.5 Å². The largest absolute Gasteiger partial charge is 0.271 e. The van der Waals surface area contributed by atoms with Crippen LogP contribution in [0.25, 0.3) is 16.7 Å². The van der Waals surface area contributed by atoms with Crippen LogP contribution in [0.5, 0.6) is 0 Å². The Morgan fingerprint density at radius 1 is 1.18 bits per heavy atom. The third-order valence-corrected chi connectivity index (χ3v) is 3.52. The van der Waals surface area contributed by atoms with Gasteiger partial charge in [0.2, 0.25) is 0 Å². The number of nitrogens with zero attached hydrogens (tertiary/aromatic N) is 5. The molecular weight excluding hydrogens is 296 g/mol. The van der Waals surface area contributed by atoms with Gasteiger partial charge in [-0.15, -0.1) is 10.2 Å². The summed E-state index contributed by atoms with van der Waals surface area (Å²) in [6.45, 7) is 0. The van der Waals surface area contributed by atoms with Crippen molar-refractivity contribution in [2.45, 2.75) is 0 Å². The van der Waals surface area contributed by atoms with Crippen molar-refractivity contribution < 1.29 is 0 Å². The predicted molar refractivity (Wildman–Crippen MR) is 88.2 cm³/mol. The molecule has 3 aromatic rings. The molecule has 108 valence electrons. The smallest absolute Gasteiger partial charge is 0.183 e. The van der Waals surface area contributed by atoms with Crippen molar-refractivity contribution in [3.8, 4) is 11.9 Å². The second-order valence-corrected chi connectivity index (χ2v) is 5.15. The minimum Gasteiger partial charge on any atom is -0.271 e. The lowest BCUT2D eigenvalue weighted by Gasteiger charge is -1.98. The Bertz CT molecular complexity index is 863. The quantitative estimate of drug-likeness (QED) is 0.341. The molecule has 1 aromatic heterocycles. The maximum absolute atomic E-state index is 8.67. The van der Waals surface area contributed by atoms with Crippen LogP contribution in [0, 0.1) is 11.5 Å². The van der Waals surface area contributed by atoms with Gasteiger partial charge in [-0.2, -0.15) is 10.1 Å². The first kappa shape index (κ1) is 14.1. The summed E-state index contributed by atoms with van der Waals surface area (Å²) >= 11 is 1.37. The van der Waals surface area contributed by atoms with Gasteiger partial charge < -0.3 is 0 Å². The maximum atomic E-state index is 8.67. The summed E-state index contributed by atoms with van der Waals surface area (Å²) in [4.78, 5) is 5.97. The fourth-order valence-corrected chi connectivity index (χ4v) is 2.28. The Morgan fingerprint density at radius 2 is 1.95 bits per heavy atom. The molecule has 0 fully saturated rings. The molecule has 0 atom stereocenters. The topological polar surface area (TPSA) is 78.9 Å². The number of nitrogens with one attached hydrogen (secondary N) is 1. The lowest BCUT2D eigenvalue weighted by atomic mass is 10.3. The monoisotopic (exact) mass is 308 g/mol. The summed E-state index contributed by atoms with van der Waals surface area (Å²) in [5, 5.41) is 20.7. The summed E-state index contributed by atoms with van der Waals surface area (Å²) in [5.41, 5.74) is 3.17. The fraction of sp³-hybridized carbons (Fsp3) is 0.0667. The van der Waals surface area contributed by atoms with Crippen molar-refractivity contribution in [3.05, 3.63) is 48.5 Å². The Kier molecular flexibility index (Phi) is 4.03. The van der Waals surface area contributed by atoms with E-state index >= 15 is 0 Å². The summed E-state index contributed by atoms with van der Waals surface area (Å²) in [5.74, 6) is 0. The molecule has 0 aliphatic heterocycles. The molecule has 0 saturated carbocycles. The van der Waals surface area contributed by atoms with Gasteiger partial charge in [-0.1, -0.05) is 30.0 Å². The number of para-hydroxylation sites is 1. The molecule has 6 nitrogen and oxygen atoms in total. The first-order valence-corrected chi connectivity index (χ1v) is 7.73. The zero-order chi connectivity index (χ0) is 15.4. The molecule has 0 spiro atoms. The Hall–Kier alpha value is -2.85. The number of amidine groups is 1. The molecule has 0 radical (unpaired) electrons. The molecule has 0 amide bonds. The zero-order valence-electron chi connectivity index (χ0n) is 11.8. The minimum atomic E-state index is 0.539. The normalized spacial score (nSPS) is 11.4. The van der Waals surface area contributed by atoms with Gasteiger partial charge in [-0.3, -0.25) is 5.32 Å². The van der Waals surface area contributed by atoms with Crippen molar-refractivity contribution in [1.29, 1.82) is 5.26 Å². The Labute approximate surface area is 131 Å². The lowest BCUT2D eigenvalue weighted by Crippen LogP contribution is -2.12. The van der Waals surface area contributed by atoms with Crippen LogP contribution in [0.1, 0.15) is 0 Å². The number of hydrogen-bond donors (Lipinski definition) is 1. The van der Waals surface area contributed by atoms with E-state index in [9.17, 15) is 0 Å². The molecule has 7 heteroatoms. The van der Waals surface area contributed by atoms with Crippen molar-refractivity contribution in [3.63, 3.8) is 0 Å². The second-order valence-electron chi connectivity index (χ2n) is 4.36. The molecule has 22 heavy (non-hydrogen) atoms. The third kappa shape index (κ3) is 2.92. The van der Waals surface area contributed by atoms with Crippen molar-refractivity contribution in [2.75, 3.05) is 6.26 Å². The highest BCUT2D eigenvalue weighted by Crippen LogP contribution is 2.20. The molecule has 0 bridgehead atoms. The number of aromatic nitrogens is 3.